The van der Waals surface area contributed by atoms with Crippen LogP contribution in [-0.2, 0) is 91.1 Å². The Labute approximate surface area is 564 Å². The third kappa shape index (κ3) is 39.8. The Morgan fingerprint density at radius 1 is 0.485 bits per heavy atom. The van der Waals surface area contributed by atoms with E-state index in [0.29, 0.717) is 17.9 Å². The molecule has 0 aliphatic carbocycles. The zero-order valence-electron chi connectivity index (χ0n) is 56.7. The van der Waals surface area contributed by atoms with Crippen LogP contribution in [0.3, 0.4) is 0 Å². The molecular weight excluding hydrogens is 1260 g/mol. The summed E-state index contributed by atoms with van der Waals surface area (Å²) in [5, 5.41) is 46.3. The van der Waals surface area contributed by atoms with Gasteiger partial charge in [-0.2, -0.15) is 0 Å². The highest BCUT2D eigenvalue weighted by Gasteiger charge is 2.34. The van der Waals surface area contributed by atoms with Gasteiger partial charge in [0.05, 0.1) is 65.7 Å². The van der Waals surface area contributed by atoms with Crippen LogP contribution in [0.1, 0.15) is 105 Å². The largest absolute Gasteiger partial charge is 0.508 e. The van der Waals surface area contributed by atoms with Crippen LogP contribution >= 0.6 is 0 Å². The number of phenolic OH excluding ortho intramolecular Hbond substituents is 1. The molecular formula is C65H96N14O18. The fourth-order valence-electron chi connectivity index (χ4n) is 8.80. The minimum atomic E-state index is -1.43. The number of phenols is 1. The molecule has 6 atom stereocenters. The average molecular weight is 1360 g/mol. The number of aromatic hydroxyl groups is 1. The Hall–Kier alpha value is -9.58. The predicted octanol–water partition coefficient (Wildman–Crippen LogP) is 3.91. The molecule has 97 heavy (non-hydrogen) atoms. The monoisotopic (exact) mass is 1360 g/mol. The zero-order valence-corrected chi connectivity index (χ0v) is 56.7. The highest BCUT2D eigenvalue weighted by Crippen LogP contribution is 2.18. The number of nitrogens with zero attached hydrogens (tertiary/aromatic N) is 6. The third-order valence-corrected chi connectivity index (χ3v) is 13.1. The van der Waals surface area contributed by atoms with E-state index < -0.39 is 114 Å². The Kier molecular flexibility index (Phi) is 40.8. The van der Waals surface area contributed by atoms with Crippen molar-refractivity contribution in [1.29, 1.82) is 0 Å². The summed E-state index contributed by atoms with van der Waals surface area (Å²) in [6.07, 6.45) is -0.573. The van der Waals surface area contributed by atoms with Crippen LogP contribution < -0.4 is 47.3 Å². The first kappa shape index (κ1) is 83.5. The smallest absolute Gasteiger partial charge is 0.308 e. The summed E-state index contributed by atoms with van der Waals surface area (Å²) in [7, 11) is 0. The van der Waals surface area contributed by atoms with E-state index in [-0.39, 0.29) is 122 Å². The lowest BCUT2D eigenvalue weighted by atomic mass is 10.0. The van der Waals surface area contributed by atoms with Crippen LogP contribution in [0.25, 0.3) is 20.9 Å². The molecule has 0 radical (unpaired) electrons. The van der Waals surface area contributed by atoms with E-state index in [4.69, 9.17) is 39.5 Å². The molecule has 0 fully saturated rings. The number of esters is 1. The molecule has 0 spiro atoms. The number of carboxylic acid groups (broad SMARTS) is 1. The maximum Gasteiger partial charge on any atom is 0.308 e. The lowest BCUT2D eigenvalue weighted by molar-refractivity contribution is -0.156. The predicted molar refractivity (Wildman–Crippen MR) is 355 cm³/mol. The molecule has 8 amide bonds. The van der Waals surface area contributed by atoms with Crippen molar-refractivity contribution in [3.05, 3.63) is 116 Å². The summed E-state index contributed by atoms with van der Waals surface area (Å²) in [4.78, 5) is 133. The van der Waals surface area contributed by atoms with E-state index in [1.165, 1.54) is 26.0 Å². The maximum atomic E-state index is 13.7. The molecule has 0 aromatic heterocycles. The zero-order chi connectivity index (χ0) is 72.1. The van der Waals surface area contributed by atoms with Crippen molar-refractivity contribution in [1.82, 2.24) is 42.5 Å². The molecule has 0 heterocycles. The molecule has 0 saturated heterocycles. The quantitative estimate of drug-likeness (QED) is 0.0126. The molecule has 534 valence electrons. The fourth-order valence-corrected chi connectivity index (χ4v) is 8.80. The van der Waals surface area contributed by atoms with Crippen molar-refractivity contribution in [2.45, 2.75) is 149 Å². The van der Waals surface area contributed by atoms with E-state index in [2.05, 4.69) is 62.6 Å². The van der Waals surface area contributed by atoms with Crippen LogP contribution in [0.15, 0.2) is 89.1 Å². The molecule has 0 saturated carbocycles. The normalized spacial score (nSPS) is 12.7. The molecule has 3 rings (SSSR count). The second-order valence-corrected chi connectivity index (χ2v) is 23.8. The van der Waals surface area contributed by atoms with E-state index in [1.807, 2.05) is 58.0 Å². The molecule has 10 N–H and O–H groups in total. The standard InChI is InChI=1S/C38H55N7O9.C27H41N7O9/c1-26(2)22-31(43-37(50)32(42-27(3)46)23-28-12-14-30(15-13-28)53-25-29-10-8-7-9-11-29)36(49)44-33(24-34(47)54-38(4,5)6)35(48)40-16-18-51-20-21-52-19-17-41-45-39;1-17(2)14-21(32-27(41)22(31-18(3)35)15-19-4-6-20(36)7-5-19)26(40)33-23(16-24(37)38)25(39)29-8-10-42-12-13-43-11-9-30-34-28/h7-15,26,31-33H,16-25H2,1-6H3,(H,40,48)(H,42,46)(H,43,50)(H,44,49);4-7,17,21-23,36H,8-16H2,1-3H3,(H,29,39)(H,31,35)(H,32,41)(H,33,40)(H,37,38)/t31-,32-,33-;21-,22-,23-/m00/s1. The number of carbonyl (C=O) groups is 10. The second kappa shape index (κ2) is 47.3. The van der Waals surface area contributed by atoms with Crippen LogP contribution in [0.2, 0.25) is 0 Å². The molecule has 0 unspecified atom stereocenters. The summed E-state index contributed by atoms with van der Waals surface area (Å²) in [5.74, 6) is -6.46. The van der Waals surface area contributed by atoms with Gasteiger partial charge in [-0.25, -0.2) is 0 Å². The summed E-state index contributed by atoms with van der Waals surface area (Å²) >= 11 is 0. The Morgan fingerprint density at radius 2 is 0.876 bits per heavy atom. The van der Waals surface area contributed by atoms with Crippen molar-refractivity contribution < 1.29 is 86.6 Å². The van der Waals surface area contributed by atoms with Gasteiger partial charge in [-0.05, 0) is 97.5 Å². The van der Waals surface area contributed by atoms with Gasteiger partial charge in [0.15, 0.2) is 0 Å². The number of azide groups is 2. The molecule has 3 aromatic rings. The number of nitrogens with one attached hydrogen (secondary N) is 8. The Bertz CT molecular complexity index is 3030. The van der Waals surface area contributed by atoms with Gasteiger partial charge in [0.1, 0.15) is 60.0 Å². The van der Waals surface area contributed by atoms with Gasteiger partial charge in [-0.3, -0.25) is 47.9 Å². The van der Waals surface area contributed by atoms with Gasteiger partial charge in [-0.15, -0.1) is 0 Å². The number of carbonyl (C=O) groups excluding carboxylic acids is 9. The number of carboxylic acids is 1. The van der Waals surface area contributed by atoms with E-state index in [0.717, 1.165) is 11.1 Å². The molecule has 0 aliphatic heterocycles. The van der Waals surface area contributed by atoms with E-state index in [1.54, 1.807) is 57.2 Å². The van der Waals surface area contributed by atoms with Gasteiger partial charge in [0, 0.05) is 62.7 Å². The summed E-state index contributed by atoms with van der Waals surface area (Å²) in [5.41, 5.74) is 18.1. The molecule has 3 aromatic carbocycles. The average Bonchev–Trinajstić information content (AvgIpc) is 0.899. The number of rotatable bonds is 45. The van der Waals surface area contributed by atoms with Crippen LogP contribution in [0, 0.1) is 11.8 Å². The van der Waals surface area contributed by atoms with Crippen LogP contribution in [0.4, 0.5) is 0 Å². The van der Waals surface area contributed by atoms with E-state index in [9.17, 15) is 58.2 Å². The van der Waals surface area contributed by atoms with Crippen molar-refractivity contribution in [2.24, 2.45) is 22.1 Å². The topological polar surface area (TPSA) is 460 Å². The maximum absolute atomic E-state index is 13.7. The SMILES string of the molecule is CC(=O)N[C@@H](Cc1ccc(O)cc1)C(=O)N[C@@H](CC(C)C)C(=O)N[C@@H](CC(=O)O)C(=O)NCCOCCOCCN=[N+]=[N-].CC(=O)N[C@@H](Cc1ccc(OCc2ccccc2)cc1)C(=O)N[C@@H](CC(C)C)C(=O)N[C@@H](CC(=O)OC(C)(C)C)C(=O)NCCOCCOCCN=[N+]=[N-]. The van der Waals surface area contributed by atoms with Gasteiger partial charge in [0.25, 0.3) is 0 Å². The second-order valence-electron chi connectivity index (χ2n) is 23.8. The minimum Gasteiger partial charge on any atom is -0.508 e. The fraction of sp³-hybridized carbons (Fsp3) is 0.569. The molecule has 32 heteroatoms. The lowest BCUT2D eigenvalue weighted by Crippen LogP contribution is -2.57. The van der Waals surface area contributed by atoms with Gasteiger partial charge >= 0.3 is 11.9 Å². The number of hydrogen-bond acceptors (Lipinski definition) is 19. The Morgan fingerprint density at radius 3 is 1.27 bits per heavy atom. The number of benzene rings is 3. The highest BCUT2D eigenvalue weighted by atomic mass is 16.6. The van der Waals surface area contributed by atoms with Crippen molar-refractivity contribution in [3.8, 4) is 11.5 Å². The molecule has 32 nitrogen and oxygen atoms in total. The molecule has 0 bridgehead atoms. The summed E-state index contributed by atoms with van der Waals surface area (Å²) in [6, 6.07) is 15.9. The van der Waals surface area contributed by atoms with Gasteiger partial charge in [0.2, 0.25) is 47.3 Å². The van der Waals surface area contributed by atoms with E-state index >= 15 is 0 Å². The summed E-state index contributed by atoms with van der Waals surface area (Å²) < 4.78 is 32.5. The van der Waals surface area contributed by atoms with Crippen molar-refractivity contribution >= 4 is 59.2 Å². The van der Waals surface area contributed by atoms with Gasteiger partial charge in [-0.1, -0.05) is 92.5 Å². The minimum absolute atomic E-state index is 0.0331. The first-order valence-electron chi connectivity index (χ1n) is 31.7. The van der Waals surface area contributed by atoms with Crippen molar-refractivity contribution in [2.75, 3.05) is 79.0 Å². The Balaban J connectivity index is 0.000000678. The van der Waals surface area contributed by atoms with Crippen LogP contribution in [0.5, 0.6) is 11.5 Å². The van der Waals surface area contributed by atoms with Gasteiger partial charge < -0.3 is 81.2 Å². The van der Waals surface area contributed by atoms with Crippen LogP contribution in [-0.4, -0.2) is 190 Å². The first-order chi connectivity index (χ1) is 46.1. The number of ether oxygens (including phenoxy) is 6. The number of aliphatic carboxylic acids is 1. The highest BCUT2D eigenvalue weighted by molar-refractivity contribution is 5.97. The lowest BCUT2D eigenvalue weighted by Gasteiger charge is -2.27. The molecule has 0 aliphatic rings. The first-order valence-corrected chi connectivity index (χ1v) is 31.7. The van der Waals surface area contributed by atoms with Crippen molar-refractivity contribution in [3.63, 3.8) is 0 Å². The number of hydrogen-bond donors (Lipinski definition) is 10. The third-order valence-electron chi connectivity index (χ3n) is 13.1. The summed E-state index contributed by atoms with van der Waals surface area (Å²) in [6.45, 7) is 17.5. The number of amides is 8.